The van der Waals surface area contributed by atoms with E-state index in [0.29, 0.717) is 6.61 Å². The molecule has 2 nitrogen and oxygen atoms in total. The molecule has 1 fully saturated rings. The quantitative estimate of drug-likeness (QED) is 0.718. The van der Waals surface area contributed by atoms with E-state index in [1.54, 1.807) is 0 Å². The molecule has 0 saturated carbocycles. The fraction of sp³-hybridized carbons (Fsp3) is 0.333. The number of epoxide rings is 1. The van der Waals surface area contributed by atoms with Crippen molar-refractivity contribution < 1.29 is 9.47 Å². The zero-order valence-corrected chi connectivity index (χ0v) is 13.3. The van der Waals surface area contributed by atoms with Gasteiger partial charge in [0, 0.05) is 5.56 Å². The van der Waals surface area contributed by atoms with Gasteiger partial charge < -0.3 is 9.47 Å². The molecule has 1 heterocycles. The second-order valence-electron chi connectivity index (χ2n) is 6.32. The SMILES string of the molecule is C1=C(c2ccc(OCC3CO3)c(-c3ccccc3)c2)CCCC1. The van der Waals surface area contributed by atoms with E-state index < -0.39 is 0 Å². The summed E-state index contributed by atoms with van der Waals surface area (Å²) in [5.41, 5.74) is 5.19. The number of allylic oxidation sites excluding steroid dienone is 2. The van der Waals surface area contributed by atoms with Gasteiger partial charge in [0.05, 0.1) is 6.61 Å². The molecule has 118 valence electrons. The van der Waals surface area contributed by atoms with E-state index in [0.717, 1.165) is 12.4 Å². The minimum absolute atomic E-state index is 0.277. The predicted octanol–water partition coefficient (Wildman–Crippen LogP) is 5.09. The van der Waals surface area contributed by atoms with Crippen LogP contribution in [0.1, 0.15) is 31.2 Å². The van der Waals surface area contributed by atoms with Gasteiger partial charge in [-0.2, -0.15) is 0 Å². The molecule has 4 rings (SSSR count). The third-order valence-corrected chi connectivity index (χ3v) is 4.55. The molecule has 0 N–H and O–H groups in total. The van der Waals surface area contributed by atoms with Crippen molar-refractivity contribution in [2.24, 2.45) is 0 Å². The summed E-state index contributed by atoms with van der Waals surface area (Å²) in [5.74, 6) is 0.951. The molecule has 1 atom stereocenters. The molecular weight excluding hydrogens is 284 g/mol. The normalized spacial score (nSPS) is 20.0. The fourth-order valence-corrected chi connectivity index (χ4v) is 3.15. The largest absolute Gasteiger partial charge is 0.490 e. The maximum atomic E-state index is 6.01. The summed E-state index contributed by atoms with van der Waals surface area (Å²) in [6.45, 7) is 1.47. The van der Waals surface area contributed by atoms with Crippen LogP contribution >= 0.6 is 0 Å². The van der Waals surface area contributed by atoms with Crippen LogP contribution in [0.5, 0.6) is 5.75 Å². The van der Waals surface area contributed by atoms with Gasteiger partial charge in [-0.05, 0) is 54.5 Å². The Balaban J connectivity index is 1.69. The van der Waals surface area contributed by atoms with Crippen LogP contribution in [0, 0.1) is 0 Å². The Hall–Kier alpha value is -2.06. The van der Waals surface area contributed by atoms with E-state index in [4.69, 9.17) is 9.47 Å². The lowest BCUT2D eigenvalue weighted by molar-refractivity contribution is 0.264. The molecule has 1 unspecified atom stereocenters. The molecule has 2 aromatic carbocycles. The van der Waals surface area contributed by atoms with E-state index in [1.165, 1.54) is 47.9 Å². The van der Waals surface area contributed by atoms with Gasteiger partial charge in [-0.25, -0.2) is 0 Å². The van der Waals surface area contributed by atoms with Gasteiger partial charge in [0.25, 0.3) is 0 Å². The Morgan fingerprint density at radius 3 is 2.61 bits per heavy atom. The number of rotatable bonds is 5. The highest BCUT2D eigenvalue weighted by Crippen LogP contribution is 2.35. The Morgan fingerprint density at radius 2 is 1.87 bits per heavy atom. The van der Waals surface area contributed by atoms with Crippen molar-refractivity contribution in [3.05, 3.63) is 60.2 Å². The molecule has 2 heteroatoms. The lowest BCUT2D eigenvalue weighted by atomic mass is 9.91. The maximum Gasteiger partial charge on any atom is 0.127 e. The van der Waals surface area contributed by atoms with E-state index in [2.05, 4.69) is 54.6 Å². The zero-order chi connectivity index (χ0) is 15.5. The third-order valence-electron chi connectivity index (χ3n) is 4.55. The van der Waals surface area contributed by atoms with Crippen LogP contribution in [0.4, 0.5) is 0 Å². The monoisotopic (exact) mass is 306 g/mol. The van der Waals surface area contributed by atoms with Gasteiger partial charge in [0.2, 0.25) is 0 Å². The van der Waals surface area contributed by atoms with Gasteiger partial charge in [-0.3, -0.25) is 0 Å². The average Bonchev–Trinajstić information content (AvgIpc) is 3.46. The zero-order valence-electron chi connectivity index (χ0n) is 13.3. The summed E-state index contributed by atoms with van der Waals surface area (Å²) < 4.78 is 11.3. The number of ether oxygens (including phenoxy) is 2. The molecule has 2 aliphatic rings. The first-order valence-corrected chi connectivity index (χ1v) is 8.53. The highest BCUT2D eigenvalue weighted by Gasteiger charge is 2.23. The smallest absolute Gasteiger partial charge is 0.127 e. The molecule has 0 spiro atoms. The lowest BCUT2D eigenvalue weighted by Crippen LogP contribution is -2.05. The second kappa shape index (κ2) is 6.59. The van der Waals surface area contributed by atoms with Crippen molar-refractivity contribution >= 4 is 5.57 Å². The molecule has 2 aromatic rings. The van der Waals surface area contributed by atoms with E-state index >= 15 is 0 Å². The molecule has 0 radical (unpaired) electrons. The standard InChI is InChI=1S/C21H22O2/c1-3-7-16(8-4-1)18-11-12-21(23-15-19-14-22-19)20(13-18)17-9-5-2-6-10-17/h2,5-7,9-13,19H,1,3-4,8,14-15H2. The van der Waals surface area contributed by atoms with E-state index in [1.807, 2.05) is 0 Å². The van der Waals surface area contributed by atoms with Crippen LogP contribution in [0.3, 0.4) is 0 Å². The summed E-state index contributed by atoms with van der Waals surface area (Å²) in [7, 11) is 0. The average molecular weight is 306 g/mol. The summed E-state index contributed by atoms with van der Waals surface area (Å²) in [4.78, 5) is 0. The number of hydrogen-bond donors (Lipinski definition) is 0. The van der Waals surface area contributed by atoms with Crippen LogP contribution in [-0.2, 0) is 4.74 Å². The van der Waals surface area contributed by atoms with Gasteiger partial charge in [-0.1, -0.05) is 42.5 Å². The molecule has 1 aliphatic heterocycles. The van der Waals surface area contributed by atoms with Crippen LogP contribution in [0.15, 0.2) is 54.6 Å². The molecule has 0 bridgehead atoms. The summed E-state index contributed by atoms with van der Waals surface area (Å²) in [6.07, 6.45) is 7.67. The van der Waals surface area contributed by atoms with Crippen molar-refractivity contribution in [3.8, 4) is 16.9 Å². The third kappa shape index (κ3) is 3.48. The number of hydrogen-bond acceptors (Lipinski definition) is 2. The van der Waals surface area contributed by atoms with Gasteiger partial charge in [0.15, 0.2) is 0 Å². The summed E-state index contributed by atoms with van der Waals surface area (Å²) >= 11 is 0. The summed E-state index contributed by atoms with van der Waals surface area (Å²) in [5, 5.41) is 0. The minimum Gasteiger partial charge on any atom is -0.490 e. The van der Waals surface area contributed by atoms with Gasteiger partial charge >= 0.3 is 0 Å². The Kier molecular flexibility index (Phi) is 4.16. The van der Waals surface area contributed by atoms with Crippen LogP contribution < -0.4 is 4.74 Å². The second-order valence-corrected chi connectivity index (χ2v) is 6.32. The van der Waals surface area contributed by atoms with E-state index in [-0.39, 0.29) is 6.10 Å². The highest BCUT2D eigenvalue weighted by atomic mass is 16.6. The van der Waals surface area contributed by atoms with E-state index in [9.17, 15) is 0 Å². The van der Waals surface area contributed by atoms with Crippen molar-refractivity contribution in [2.45, 2.75) is 31.8 Å². The van der Waals surface area contributed by atoms with Crippen molar-refractivity contribution in [3.63, 3.8) is 0 Å². The van der Waals surface area contributed by atoms with Crippen LogP contribution in [0.2, 0.25) is 0 Å². The Bertz CT molecular complexity index is 699. The Morgan fingerprint density at radius 1 is 1.00 bits per heavy atom. The predicted molar refractivity (Wildman–Crippen MR) is 93.6 cm³/mol. The topological polar surface area (TPSA) is 21.8 Å². The number of benzene rings is 2. The molecule has 1 aliphatic carbocycles. The molecular formula is C21H22O2. The molecule has 0 amide bonds. The fourth-order valence-electron chi connectivity index (χ4n) is 3.15. The Labute approximate surface area is 137 Å². The first kappa shape index (κ1) is 14.5. The lowest BCUT2D eigenvalue weighted by Gasteiger charge is -2.17. The van der Waals surface area contributed by atoms with Gasteiger partial charge in [0.1, 0.15) is 18.5 Å². The highest BCUT2D eigenvalue weighted by molar-refractivity contribution is 5.77. The maximum absolute atomic E-state index is 6.01. The molecule has 0 aromatic heterocycles. The van der Waals surface area contributed by atoms with Crippen LogP contribution in [0.25, 0.3) is 16.7 Å². The minimum atomic E-state index is 0.277. The van der Waals surface area contributed by atoms with Crippen LogP contribution in [-0.4, -0.2) is 19.3 Å². The molecule has 1 saturated heterocycles. The van der Waals surface area contributed by atoms with Crippen molar-refractivity contribution in [2.75, 3.05) is 13.2 Å². The van der Waals surface area contributed by atoms with Crippen molar-refractivity contribution in [1.29, 1.82) is 0 Å². The first-order chi connectivity index (χ1) is 11.4. The van der Waals surface area contributed by atoms with Crippen molar-refractivity contribution in [1.82, 2.24) is 0 Å². The van der Waals surface area contributed by atoms with Gasteiger partial charge in [-0.15, -0.1) is 0 Å². The first-order valence-electron chi connectivity index (χ1n) is 8.53. The summed E-state index contributed by atoms with van der Waals surface area (Å²) in [6, 6.07) is 17.1. The molecule has 23 heavy (non-hydrogen) atoms.